The van der Waals surface area contributed by atoms with Gasteiger partial charge in [-0.1, -0.05) is 17.3 Å². The first kappa shape index (κ1) is 21.3. The summed E-state index contributed by atoms with van der Waals surface area (Å²) in [6.45, 7) is 1.47. The highest BCUT2D eigenvalue weighted by atomic mass is 16.5. The fourth-order valence-electron chi connectivity index (χ4n) is 4.10. The van der Waals surface area contributed by atoms with Crippen molar-refractivity contribution in [3.8, 4) is 5.75 Å². The van der Waals surface area contributed by atoms with E-state index in [0.717, 1.165) is 62.8 Å². The molecule has 0 spiro atoms. The van der Waals surface area contributed by atoms with Crippen LogP contribution in [0.3, 0.4) is 0 Å². The van der Waals surface area contributed by atoms with E-state index in [-0.39, 0.29) is 17.9 Å². The monoisotopic (exact) mass is 425 g/mol. The maximum Gasteiger partial charge on any atom is 0.273 e. The van der Waals surface area contributed by atoms with E-state index >= 15 is 0 Å². The Bertz CT molecular complexity index is 891. The SMILES string of the molecule is COc1ccc(CCC(=O)N2CCCCC2CCn2cc(C(=O)NC3CC3)nn2)cc1. The summed E-state index contributed by atoms with van der Waals surface area (Å²) in [7, 11) is 1.65. The summed E-state index contributed by atoms with van der Waals surface area (Å²) < 4.78 is 6.91. The van der Waals surface area contributed by atoms with E-state index in [1.165, 1.54) is 0 Å². The van der Waals surface area contributed by atoms with Gasteiger partial charge < -0.3 is 15.0 Å². The Morgan fingerprint density at radius 3 is 2.71 bits per heavy atom. The van der Waals surface area contributed by atoms with Gasteiger partial charge in [0.2, 0.25) is 5.91 Å². The lowest BCUT2D eigenvalue weighted by molar-refractivity contribution is -0.135. The van der Waals surface area contributed by atoms with Crippen LogP contribution >= 0.6 is 0 Å². The Morgan fingerprint density at radius 2 is 1.97 bits per heavy atom. The van der Waals surface area contributed by atoms with E-state index in [1.807, 2.05) is 29.2 Å². The van der Waals surface area contributed by atoms with Gasteiger partial charge in [0.25, 0.3) is 5.91 Å². The molecule has 8 heteroatoms. The summed E-state index contributed by atoms with van der Waals surface area (Å²) in [5, 5.41) is 11.0. The number of aromatic nitrogens is 3. The third-order valence-corrected chi connectivity index (χ3v) is 6.11. The van der Waals surface area contributed by atoms with Gasteiger partial charge in [-0.05, 0) is 62.6 Å². The lowest BCUT2D eigenvalue weighted by Crippen LogP contribution is -2.44. The van der Waals surface area contributed by atoms with Crippen molar-refractivity contribution < 1.29 is 14.3 Å². The number of carbonyl (C=O) groups is 2. The molecule has 1 N–H and O–H groups in total. The van der Waals surface area contributed by atoms with Crippen molar-refractivity contribution in [1.29, 1.82) is 0 Å². The molecule has 1 saturated heterocycles. The molecular weight excluding hydrogens is 394 g/mol. The number of hydrogen-bond acceptors (Lipinski definition) is 5. The van der Waals surface area contributed by atoms with Crippen LogP contribution in [0.2, 0.25) is 0 Å². The van der Waals surface area contributed by atoms with Crippen molar-refractivity contribution in [3.05, 3.63) is 41.7 Å². The summed E-state index contributed by atoms with van der Waals surface area (Å²) in [4.78, 5) is 27.1. The molecule has 2 amide bonds. The van der Waals surface area contributed by atoms with Crippen molar-refractivity contribution in [2.75, 3.05) is 13.7 Å². The number of nitrogens with one attached hydrogen (secondary N) is 1. The highest BCUT2D eigenvalue weighted by molar-refractivity contribution is 5.92. The number of carbonyl (C=O) groups excluding carboxylic acids is 2. The molecule has 1 aliphatic carbocycles. The summed E-state index contributed by atoms with van der Waals surface area (Å²) in [5.41, 5.74) is 1.50. The molecule has 1 aliphatic heterocycles. The van der Waals surface area contributed by atoms with Crippen LogP contribution in [0, 0.1) is 0 Å². The van der Waals surface area contributed by atoms with Gasteiger partial charge in [-0.2, -0.15) is 0 Å². The molecule has 2 heterocycles. The van der Waals surface area contributed by atoms with E-state index in [1.54, 1.807) is 18.0 Å². The number of benzene rings is 1. The van der Waals surface area contributed by atoms with Crippen molar-refractivity contribution in [1.82, 2.24) is 25.2 Å². The zero-order chi connectivity index (χ0) is 21.6. The highest BCUT2D eigenvalue weighted by Crippen LogP contribution is 2.22. The minimum absolute atomic E-state index is 0.151. The Morgan fingerprint density at radius 1 is 1.16 bits per heavy atom. The number of likely N-dealkylation sites (tertiary alicyclic amines) is 1. The fourth-order valence-corrected chi connectivity index (χ4v) is 4.10. The number of piperidine rings is 1. The van der Waals surface area contributed by atoms with E-state index in [9.17, 15) is 9.59 Å². The van der Waals surface area contributed by atoms with Crippen LogP contribution in [-0.2, 0) is 17.8 Å². The van der Waals surface area contributed by atoms with Gasteiger partial charge in [-0.3, -0.25) is 14.3 Å². The predicted octanol–water partition coefficient (Wildman–Crippen LogP) is 2.58. The molecule has 1 unspecified atom stereocenters. The summed E-state index contributed by atoms with van der Waals surface area (Å²) in [5.74, 6) is 0.887. The van der Waals surface area contributed by atoms with Gasteiger partial charge >= 0.3 is 0 Å². The van der Waals surface area contributed by atoms with Crippen molar-refractivity contribution in [3.63, 3.8) is 0 Å². The Kier molecular flexibility index (Phi) is 6.84. The van der Waals surface area contributed by atoms with Crippen molar-refractivity contribution in [2.45, 2.75) is 70.0 Å². The minimum Gasteiger partial charge on any atom is -0.497 e. The zero-order valence-electron chi connectivity index (χ0n) is 18.1. The van der Waals surface area contributed by atoms with Gasteiger partial charge in [-0.25, -0.2) is 0 Å². The first-order chi connectivity index (χ1) is 15.1. The van der Waals surface area contributed by atoms with Gasteiger partial charge in [-0.15, -0.1) is 5.10 Å². The van der Waals surface area contributed by atoms with Gasteiger partial charge in [0.1, 0.15) is 5.75 Å². The molecule has 2 aliphatic rings. The maximum atomic E-state index is 12.9. The second kappa shape index (κ2) is 9.94. The molecule has 0 bridgehead atoms. The zero-order valence-corrected chi connectivity index (χ0v) is 18.1. The van der Waals surface area contributed by atoms with E-state index < -0.39 is 0 Å². The lowest BCUT2D eigenvalue weighted by atomic mass is 9.98. The molecule has 1 aromatic heterocycles. The number of amides is 2. The number of nitrogens with zero attached hydrogens (tertiary/aromatic N) is 4. The van der Waals surface area contributed by atoms with Crippen molar-refractivity contribution >= 4 is 11.8 Å². The molecule has 1 aromatic carbocycles. The molecule has 2 fully saturated rings. The normalized spacial score (nSPS) is 18.6. The molecular formula is C23H31N5O3. The molecule has 1 atom stereocenters. The molecule has 4 rings (SSSR count). The first-order valence-corrected chi connectivity index (χ1v) is 11.3. The van der Waals surface area contributed by atoms with Crippen LogP contribution in [0.1, 0.15) is 61.0 Å². The number of hydrogen-bond donors (Lipinski definition) is 1. The summed E-state index contributed by atoms with van der Waals surface area (Å²) >= 11 is 0. The molecule has 0 radical (unpaired) electrons. The second-order valence-corrected chi connectivity index (χ2v) is 8.49. The third-order valence-electron chi connectivity index (χ3n) is 6.11. The second-order valence-electron chi connectivity index (χ2n) is 8.49. The standard InChI is InChI=1S/C23H31N5O3/c1-31-20-10-5-17(6-11-20)7-12-22(29)28-14-3-2-4-19(28)13-15-27-16-21(25-26-27)23(30)24-18-8-9-18/h5-6,10-11,16,18-19H,2-4,7-9,12-15H2,1H3,(H,24,30). The van der Waals surface area contributed by atoms with Crippen LogP contribution in [0.5, 0.6) is 5.75 Å². The summed E-state index contributed by atoms with van der Waals surface area (Å²) in [6, 6.07) is 8.41. The average Bonchev–Trinajstić information content (AvgIpc) is 3.49. The lowest BCUT2D eigenvalue weighted by Gasteiger charge is -2.36. The fraction of sp³-hybridized carbons (Fsp3) is 0.565. The number of rotatable bonds is 9. The van der Waals surface area contributed by atoms with Gasteiger partial charge in [0.05, 0.1) is 13.3 Å². The van der Waals surface area contributed by atoms with Crippen LogP contribution in [-0.4, -0.2) is 57.4 Å². The van der Waals surface area contributed by atoms with Gasteiger partial charge in [0, 0.05) is 31.6 Å². The molecule has 1 saturated carbocycles. The van der Waals surface area contributed by atoms with E-state index in [0.29, 0.717) is 24.7 Å². The van der Waals surface area contributed by atoms with Crippen LogP contribution in [0.25, 0.3) is 0 Å². The maximum absolute atomic E-state index is 12.9. The molecule has 2 aromatic rings. The minimum atomic E-state index is -0.151. The van der Waals surface area contributed by atoms with Gasteiger partial charge in [0.15, 0.2) is 5.69 Å². The third kappa shape index (κ3) is 5.83. The topological polar surface area (TPSA) is 89.4 Å². The Hall–Kier alpha value is -2.90. The quantitative estimate of drug-likeness (QED) is 0.667. The first-order valence-electron chi connectivity index (χ1n) is 11.3. The predicted molar refractivity (Wildman–Crippen MR) is 116 cm³/mol. The Labute approximate surface area is 182 Å². The molecule has 31 heavy (non-hydrogen) atoms. The van der Waals surface area contributed by atoms with Crippen LogP contribution in [0.4, 0.5) is 0 Å². The number of aryl methyl sites for hydroxylation is 2. The number of methoxy groups -OCH3 is 1. The molecule has 8 nitrogen and oxygen atoms in total. The number of ether oxygens (including phenoxy) is 1. The smallest absolute Gasteiger partial charge is 0.273 e. The van der Waals surface area contributed by atoms with Crippen LogP contribution < -0.4 is 10.1 Å². The largest absolute Gasteiger partial charge is 0.497 e. The summed E-state index contributed by atoms with van der Waals surface area (Å²) in [6.07, 6.45) is 9.06. The van der Waals surface area contributed by atoms with Crippen LogP contribution in [0.15, 0.2) is 30.5 Å². The van der Waals surface area contributed by atoms with E-state index in [4.69, 9.17) is 4.74 Å². The Balaban J connectivity index is 1.28. The van der Waals surface area contributed by atoms with Crippen molar-refractivity contribution in [2.24, 2.45) is 0 Å². The highest BCUT2D eigenvalue weighted by Gasteiger charge is 2.27. The van der Waals surface area contributed by atoms with E-state index in [2.05, 4.69) is 15.6 Å². The molecule has 166 valence electrons. The average molecular weight is 426 g/mol.